The van der Waals surface area contributed by atoms with Crippen LogP contribution in [-0.4, -0.2) is 23.8 Å². The maximum absolute atomic E-state index is 12.6. The number of hydrogen-bond acceptors (Lipinski definition) is 3. The van der Waals surface area contributed by atoms with Crippen LogP contribution in [0, 0.1) is 0 Å². The minimum atomic E-state index is -5.17. The number of carboxylic acids is 1. The molecule has 0 saturated heterocycles. The van der Waals surface area contributed by atoms with Gasteiger partial charge in [0, 0.05) is 11.1 Å². The number of carbonyl (C=O) groups is 1. The smallest absolute Gasteiger partial charge is 0.478 e. The average molecular weight is 366 g/mol. The lowest BCUT2D eigenvalue weighted by Crippen LogP contribution is -2.19. The van der Waals surface area contributed by atoms with Gasteiger partial charge in [-0.15, -0.1) is 26.3 Å². The molecule has 0 amide bonds. The first-order valence-electron chi connectivity index (χ1n) is 6.44. The summed E-state index contributed by atoms with van der Waals surface area (Å²) < 4.78 is 82.6. The van der Waals surface area contributed by atoms with Crippen molar-refractivity contribution in [3.05, 3.63) is 48.0 Å². The molecule has 10 heteroatoms. The first-order chi connectivity index (χ1) is 11.5. The number of hydrogen-bond donors (Lipinski definition) is 1. The second-order valence-corrected chi connectivity index (χ2v) is 4.61. The third kappa shape index (κ3) is 5.03. The zero-order chi connectivity index (χ0) is 18.8. The normalized spacial score (nSPS) is 11.9. The van der Waals surface area contributed by atoms with Crippen LogP contribution in [-0.2, 0) is 0 Å². The standard InChI is InChI=1S/C15H8F6O4/c16-14(17,18)24-11-4-2-1-3-9(11)10-6-5-8(13(22)23)7-12(10)25-15(19,20)21/h1-7H,(H,22,23). The van der Waals surface area contributed by atoms with E-state index in [1.165, 1.54) is 12.1 Å². The van der Waals surface area contributed by atoms with Gasteiger partial charge in [-0.05, 0) is 24.3 Å². The molecule has 2 aromatic carbocycles. The molecular formula is C15H8F6O4. The van der Waals surface area contributed by atoms with Gasteiger partial charge < -0.3 is 14.6 Å². The molecule has 0 aromatic heterocycles. The Balaban J connectivity index is 2.61. The van der Waals surface area contributed by atoms with Gasteiger partial charge in [-0.25, -0.2) is 4.79 Å². The van der Waals surface area contributed by atoms with Crippen molar-refractivity contribution in [2.75, 3.05) is 0 Å². The first kappa shape index (κ1) is 18.4. The zero-order valence-corrected chi connectivity index (χ0v) is 12.0. The fraction of sp³-hybridized carbons (Fsp3) is 0.133. The lowest BCUT2D eigenvalue weighted by molar-refractivity contribution is -0.276. The summed E-state index contributed by atoms with van der Waals surface area (Å²) in [6, 6.07) is 6.87. The highest BCUT2D eigenvalue weighted by atomic mass is 19.4. The second-order valence-electron chi connectivity index (χ2n) is 4.61. The molecule has 0 fully saturated rings. The van der Waals surface area contributed by atoms with E-state index in [9.17, 15) is 31.1 Å². The third-order valence-corrected chi connectivity index (χ3v) is 2.86. The van der Waals surface area contributed by atoms with Crippen LogP contribution in [0.2, 0.25) is 0 Å². The summed E-state index contributed by atoms with van der Waals surface area (Å²) in [5.41, 5.74) is -1.30. The molecule has 0 saturated carbocycles. The second kappa shape index (κ2) is 6.54. The number of aromatic carboxylic acids is 1. The maximum Gasteiger partial charge on any atom is 0.573 e. The fourth-order valence-corrected chi connectivity index (χ4v) is 1.99. The highest BCUT2D eigenvalue weighted by Gasteiger charge is 2.35. The molecule has 4 nitrogen and oxygen atoms in total. The van der Waals surface area contributed by atoms with E-state index in [2.05, 4.69) is 9.47 Å². The molecule has 0 aliphatic heterocycles. The van der Waals surface area contributed by atoms with Gasteiger partial charge in [-0.2, -0.15) is 0 Å². The van der Waals surface area contributed by atoms with E-state index in [0.29, 0.717) is 6.07 Å². The number of alkyl halides is 6. The average Bonchev–Trinajstić information content (AvgIpc) is 2.44. The fourth-order valence-electron chi connectivity index (χ4n) is 1.99. The Labute approximate surface area is 136 Å². The number of halogens is 6. The third-order valence-electron chi connectivity index (χ3n) is 2.86. The lowest BCUT2D eigenvalue weighted by atomic mass is 10.0. The number of benzene rings is 2. The van der Waals surface area contributed by atoms with Crippen molar-refractivity contribution < 1.29 is 45.7 Å². The topological polar surface area (TPSA) is 55.8 Å². The van der Waals surface area contributed by atoms with E-state index in [4.69, 9.17) is 5.11 Å². The summed E-state index contributed by atoms with van der Waals surface area (Å²) in [6.07, 6.45) is -10.2. The number of para-hydroxylation sites is 1. The van der Waals surface area contributed by atoms with Gasteiger partial charge in [-0.1, -0.05) is 18.2 Å². The molecule has 0 radical (unpaired) electrons. The Bertz CT molecular complexity index is 782. The van der Waals surface area contributed by atoms with Crippen LogP contribution in [0.15, 0.2) is 42.5 Å². The van der Waals surface area contributed by atoms with E-state index >= 15 is 0 Å². The molecule has 1 N–H and O–H groups in total. The van der Waals surface area contributed by atoms with Crippen molar-refractivity contribution in [3.63, 3.8) is 0 Å². The van der Waals surface area contributed by atoms with E-state index in [0.717, 1.165) is 24.3 Å². The Hall–Kier alpha value is -2.91. The molecule has 0 unspecified atom stereocenters. The van der Waals surface area contributed by atoms with Crippen LogP contribution in [0.3, 0.4) is 0 Å². The lowest BCUT2D eigenvalue weighted by Gasteiger charge is -2.17. The number of rotatable bonds is 4. The summed E-state index contributed by atoms with van der Waals surface area (Å²) >= 11 is 0. The van der Waals surface area contributed by atoms with E-state index in [1.807, 2.05) is 0 Å². The molecule has 134 valence electrons. The van der Waals surface area contributed by atoms with Gasteiger partial charge in [-0.3, -0.25) is 0 Å². The molecule has 2 aromatic rings. The summed E-state index contributed by atoms with van der Waals surface area (Å²) in [5, 5.41) is 8.87. The van der Waals surface area contributed by atoms with Crippen LogP contribution in [0.25, 0.3) is 11.1 Å². The highest BCUT2D eigenvalue weighted by Crippen LogP contribution is 2.40. The van der Waals surface area contributed by atoms with Crippen molar-refractivity contribution in [1.29, 1.82) is 0 Å². The quantitative estimate of drug-likeness (QED) is 0.786. The Morgan fingerprint density at radius 1 is 0.800 bits per heavy atom. The summed E-state index contributed by atoms with van der Waals surface area (Å²) in [4.78, 5) is 10.9. The molecule has 0 bridgehead atoms. The molecule has 2 rings (SSSR count). The zero-order valence-electron chi connectivity index (χ0n) is 12.0. The van der Waals surface area contributed by atoms with E-state index in [1.54, 1.807) is 0 Å². The molecule has 0 heterocycles. The van der Waals surface area contributed by atoms with Crippen molar-refractivity contribution in [1.82, 2.24) is 0 Å². The van der Waals surface area contributed by atoms with Crippen LogP contribution in [0.5, 0.6) is 11.5 Å². The summed E-state index contributed by atoms with van der Waals surface area (Å²) in [5.74, 6) is -3.26. The molecule has 0 aliphatic rings. The van der Waals surface area contributed by atoms with Gasteiger partial charge in [0.1, 0.15) is 11.5 Å². The molecule has 0 atom stereocenters. The Morgan fingerprint density at radius 2 is 1.32 bits per heavy atom. The van der Waals surface area contributed by atoms with Crippen LogP contribution < -0.4 is 9.47 Å². The van der Waals surface area contributed by atoms with E-state index < -0.39 is 41.3 Å². The van der Waals surface area contributed by atoms with Crippen LogP contribution >= 0.6 is 0 Å². The molecular weight excluding hydrogens is 358 g/mol. The largest absolute Gasteiger partial charge is 0.573 e. The van der Waals surface area contributed by atoms with E-state index in [-0.39, 0.29) is 5.56 Å². The van der Waals surface area contributed by atoms with Crippen molar-refractivity contribution in [2.24, 2.45) is 0 Å². The van der Waals surface area contributed by atoms with Gasteiger partial charge in [0.25, 0.3) is 0 Å². The monoisotopic (exact) mass is 366 g/mol. The molecule has 0 aliphatic carbocycles. The summed E-state index contributed by atoms with van der Waals surface area (Å²) in [7, 11) is 0. The first-order valence-corrected chi connectivity index (χ1v) is 6.44. The van der Waals surface area contributed by atoms with Gasteiger partial charge in [0.15, 0.2) is 0 Å². The predicted octanol–water partition coefficient (Wildman–Crippen LogP) is 4.85. The number of ether oxygens (including phenoxy) is 2. The van der Waals surface area contributed by atoms with Crippen molar-refractivity contribution in [3.8, 4) is 22.6 Å². The predicted molar refractivity (Wildman–Crippen MR) is 72.2 cm³/mol. The van der Waals surface area contributed by atoms with Gasteiger partial charge in [0.05, 0.1) is 5.56 Å². The summed E-state index contributed by atoms with van der Waals surface area (Å²) in [6.45, 7) is 0. The molecule has 25 heavy (non-hydrogen) atoms. The number of carboxylic acid groups (broad SMARTS) is 1. The Morgan fingerprint density at radius 3 is 1.88 bits per heavy atom. The Kier molecular flexibility index (Phi) is 4.82. The minimum absolute atomic E-state index is 0.351. The highest BCUT2D eigenvalue weighted by molar-refractivity contribution is 5.90. The van der Waals surface area contributed by atoms with Crippen molar-refractivity contribution >= 4 is 5.97 Å². The van der Waals surface area contributed by atoms with Crippen LogP contribution in [0.4, 0.5) is 26.3 Å². The van der Waals surface area contributed by atoms with Crippen LogP contribution in [0.1, 0.15) is 10.4 Å². The minimum Gasteiger partial charge on any atom is -0.478 e. The SMILES string of the molecule is O=C(O)c1ccc(-c2ccccc2OC(F)(F)F)c(OC(F)(F)F)c1. The van der Waals surface area contributed by atoms with Gasteiger partial charge >= 0.3 is 18.7 Å². The van der Waals surface area contributed by atoms with Crippen molar-refractivity contribution in [2.45, 2.75) is 12.7 Å². The maximum atomic E-state index is 12.6. The van der Waals surface area contributed by atoms with Gasteiger partial charge in [0.2, 0.25) is 0 Å². The molecule has 0 spiro atoms.